The van der Waals surface area contributed by atoms with E-state index >= 15 is 0 Å². The molecule has 7 heteroatoms. The summed E-state index contributed by atoms with van der Waals surface area (Å²) in [7, 11) is -2.86. The maximum Gasteiger partial charge on any atom is 0.328 e. The van der Waals surface area contributed by atoms with Gasteiger partial charge in [-0.2, -0.15) is 0 Å². The fourth-order valence-corrected chi connectivity index (χ4v) is 4.09. The molecule has 0 unspecified atom stereocenters. The van der Waals surface area contributed by atoms with E-state index in [1.165, 1.54) is 0 Å². The first-order valence-corrected chi connectivity index (χ1v) is 8.56. The van der Waals surface area contributed by atoms with E-state index in [1.54, 1.807) is 17.4 Å². The van der Waals surface area contributed by atoms with Crippen LogP contribution in [-0.4, -0.2) is 49.0 Å². The van der Waals surface area contributed by atoms with Crippen LogP contribution in [0.1, 0.15) is 10.4 Å². The number of nitrogens with zero attached hydrogens (tertiary/aromatic N) is 1. The number of rotatable bonds is 4. The summed E-state index contributed by atoms with van der Waals surface area (Å²) in [5, 5.41) is 10.5. The molecule has 0 spiro atoms. The van der Waals surface area contributed by atoms with Crippen LogP contribution >= 0.6 is 11.3 Å². The number of hydrogen-bond acceptors (Lipinski definition) is 5. The highest BCUT2D eigenvalue weighted by Gasteiger charge is 2.22. The average Bonchev–Trinajstić information content (AvgIpc) is 2.77. The van der Waals surface area contributed by atoms with Gasteiger partial charge >= 0.3 is 5.97 Å². The highest BCUT2D eigenvalue weighted by atomic mass is 32.2. The predicted molar refractivity (Wildman–Crippen MR) is 74.9 cm³/mol. The summed E-state index contributed by atoms with van der Waals surface area (Å²) in [6, 6.07) is 1.88. The van der Waals surface area contributed by atoms with E-state index in [0.29, 0.717) is 19.6 Å². The van der Waals surface area contributed by atoms with Gasteiger partial charge in [0.25, 0.3) is 0 Å². The Balaban J connectivity index is 2.00. The van der Waals surface area contributed by atoms with Crippen molar-refractivity contribution >= 4 is 33.2 Å². The first-order chi connectivity index (χ1) is 8.96. The average molecular weight is 301 g/mol. The van der Waals surface area contributed by atoms with Crippen molar-refractivity contribution in [3.05, 3.63) is 28.0 Å². The minimum absolute atomic E-state index is 0.207. The van der Waals surface area contributed by atoms with Gasteiger partial charge in [-0.15, -0.1) is 11.3 Å². The molecule has 0 bridgehead atoms. The highest BCUT2D eigenvalue weighted by Crippen LogP contribution is 2.21. The Labute approximate surface area is 116 Å². The summed E-state index contributed by atoms with van der Waals surface area (Å²) in [6.45, 7) is 1.76. The van der Waals surface area contributed by atoms with Crippen LogP contribution in [0.25, 0.3) is 6.08 Å². The van der Waals surface area contributed by atoms with Crippen molar-refractivity contribution in [3.63, 3.8) is 0 Å². The monoisotopic (exact) mass is 301 g/mol. The van der Waals surface area contributed by atoms with Gasteiger partial charge in [0, 0.05) is 30.6 Å². The lowest BCUT2D eigenvalue weighted by atomic mass is 10.2. The van der Waals surface area contributed by atoms with E-state index in [-0.39, 0.29) is 11.5 Å². The van der Waals surface area contributed by atoms with E-state index in [4.69, 9.17) is 5.11 Å². The molecule has 0 aliphatic carbocycles. The third-order valence-electron chi connectivity index (χ3n) is 2.99. The van der Waals surface area contributed by atoms with E-state index in [2.05, 4.69) is 4.90 Å². The quantitative estimate of drug-likeness (QED) is 0.842. The first kappa shape index (κ1) is 14.2. The molecule has 1 aromatic rings. The molecular formula is C12H15NO4S2. The van der Waals surface area contributed by atoms with Gasteiger partial charge in [0.1, 0.15) is 0 Å². The standard InChI is InChI=1S/C12H15NO4S2/c14-12(15)2-1-10-3-6-18-11(10)9-13-4-7-19(16,17)8-5-13/h1-3,6H,4-5,7-9H2,(H,14,15)/b2-1+. The second-order valence-corrected chi connectivity index (χ2v) is 7.70. The Kier molecular flexibility index (Phi) is 4.38. The van der Waals surface area contributed by atoms with E-state index < -0.39 is 15.8 Å². The molecule has 1 N–H and O–H groups in total. The lowest BCUT2D eigenvalue weighted by Crippen LogP contribution is -2.39. The Morgan fingerprint density at radius 2 is 2.11 bits per heavy atom. The van der Waals surface area contributed by atoms with Crippen LogP contribution in [0.3, 0.4) is 0 Å². The largest absolute Gasteiger partial charge is 0.478 e. The van der Waals surface area contributed by atoms with E-state index in [0.717, 1.165) is 16.5 Å². The summed E-state index contributed by atoms with van der Waals surface area (Å²) >= 11 is 1.56. The maximum atomic E-state index is 11.3. The highest BCUT2D eigenvalue weighted by molar-refractivity contribution is 7.91. The predicted octanol–water partition coefficient (Wildman–Crippen LogP) is 1.08. The second-order valence-electron chi connectivity index (χ2n) is 4.40. The summed E-state index contributed by atoms with van der Waals surface area (Å²) < 4.78 is 22.7. The van der Waals surface area contributed by atoms with Crippen molar-refractivity contribution in [2.45, 2.75) is 6.54 Å². The molecule has 5 nitrogen and oxygen atoms in total. The second kappa shape index (κ2) is 5.85. The van der Waals surface area contributed by atoms with Crippen LogP contribution in [-0.2, 0) is 21.2 Å². The zero-order valence-corrected chi connectivity index (χ0v) is 11.9. The zero-order chi connectivity index (χ0) is 13.9. The number of sulfone groups is 1. The van der Waals surface area contributed by atoms with Crippen LogP contribution in [0.5, 0.6) is 0 Å². The van der Waals surface area contributed by atoms with Crippen molar-refractivity contribution in [3.8, 4) is 0 Å². The van der Waals surface area contributed by atoms with Gasteiger partial charge in [-0.25, -0.2) is 13.2 Å². The molecule has 0 atom stereocenters. The number of carboxylic acid groups (broad SMARTS) is 1. The van der Waals surface area contributed by atoms with Gasteiger partial charge in [0.15, 0.2) is 9.84 Å². The number of hydrogen-bond donors (Lipinski definition) is 1. The zero-order valence-electron chi connectivity index (χ0n) is 10.3. The third kappa shape index (κ3) is 4.15. The van der Waals surface area contributed by atoms with Crippen molar-refractivity contribution in [1.82, 2.24) is 4.90 Å². The molecule has 0 amide bonds. The SMILES string of the molecule is O=C(O)/C=C/c1ccsc1CN1CCS(=O)(=O)CC1. The van der Waals surface area contributed by atoms with Crippen LogP contribution in [0.2, 0.25) is 0 Å². The fourth-order valence-electron chi connectivity index (χ4n) is 1.90. The molecule has 2 rings (SSSR count). The lowest BCUT2D eigenvalue weighted by molar-refractivity contribution is -0.131. The molecular weight excluding hydrogens is 286 g/mol. The molecule has 2 heterocycles. The molecule has 1 aliphatic rings. The first-order valence-electron chi connectivity index (χ1n) is 5.86. The van der Waals surface area contributed by atoms with Crippen molar-refractivity contribution in [2.24, 2.45) is 0 Å². The van der Waals surface area contributed by atoms with Crippen LogP contribution in [0, 0.1) is 0 Å². The van der Waals surface area contributed by atoms with Gasteiger partial charge in [0.05, 0.1) is 11.5 Å². The molecule has 19 heavy (non-hydrogen) atoms. The summed E-state index contributed by atoms with van der Waals surface area (Å²) in [6.07, 6.45) is 2.70. The summed E-state index contributed by atoms with van der Waals surface area (Å²) in [4.78, 5) is 13.7. The Bertz CT molecular complexity index is 575. The molecule has 0 saturated carbocycles. The van der Waals surface area contributed by atoms with Crippen molar-refractivity contribution < 1.29 is 18.3 Å². The minimum atomic E-state index is -2.86. The molecule has 1 aromatic heterocycles. The summed E-state index contributed by atoms with van der Waals surface area (Å²) in [5.41, 5.74) is 0.890. The number of thiophene rings is 1. The Morgan fingerprint density at radius 1 is 1.42 bits per heavy atom. The van der Waals surface area contributed by atoms with Crippen LogP contribution < -0.4 is 0 Å². The van der Waals surface area contributed by atoms with Crippen LogP contribution in [0.4, 0.5) is 0 Å². The molecule has 1 fully saturated rings. The van der Waals surface area contributed by atoms with Gasteiger partial charge in [0.2, 0.25) is 0 Å². The maximum absolute atomic E-state index is 11.3. The van der Waals surface area contributed by atoms with Crippen molar-refractivity contribution in [1.29, 1.82) is 0 Å². The number of carbonyl (C=O) groups is 1. The van der Waals surface area contributed by atoms with E-state index in [1.807, 2.05) is 11.4 Å². The van der Waals surface area contributed by atoms with Gasteiger partial charge in [-0.1, -0.05) is 0 Å². The fraction of sp³-hybridized carbons (Fsp3) is 0.417. The molecule has 0 radical (unpaired) electrons. The summed E-state index contributed by atoms with van der Waals surface area (Å²) in [5.74, 6) is -0.557. The lowest BCUT2D eigenvalue weighted by Gasteiger charge is -2.26. The normalized spacial score (nSPS) is 19.8. The molecule has 1 aliphatic heterocycles. The van der Waals surface area contributed by atoms with Gasteiger partial charge in [-0.3, -0.25) is 4.90 Å². The Hall–Kier alpha value is -1.18. The topological polar surface area (TPSA) is 74.7 Å². The molecule has 104 valence electrons. The smallest absolute Gasteiger partial charge is 0.328 e. The molecule has 0 aromatic carbocycles. The van der Waals surface area contributed by atoms with Crippen LogP contribution in [0.15, 0.2) is 17.5 Å². The van der Waals surface area contributed by atoms with Gasteiger partial charge < -0.3 is 5.11 Å². The van der Waals surface area contributed by atoms with Crippen molar-refractivity contribution in [2.75, 3.05) is 24.6 Å². The van der Waals surface area contributed by atoms with Gasteiger partial charge in [-0.05, 0) is 23.1 Å². The minimum Gasteiger partial charge on any atom is -0.478 e. The number of aliphatic carboxylic acids is 1. The third-order valence-corrected chi connectivity index (χ3v) is 5.52. The van der Waals surface area contributed by atoms with E-state index in [9.17, 15) is 13.2 Å². The number of carboxylic acids is 1. The Morgan fingerprint density at radius 3 is 2.74 bits per heavy atom. The molecule has 1 saturated heterocycles.